The molecule has 2 aromatic carbocycles. The van der Waals surface area contributed by atoms with Gasteiger partial charge in [0.15, 0.2) is 0 Å². The first-order chi connectivity index (χ1) is 17.2. The first kappa shape index (κ1) is 27.3. The van der Waals surface area contributed by atoms with Crippen LogP contribution in [0.1, 0.15) is 18.4 Å². The van der Waals surface area contributed by atoms with Crippen molar-refractivity contribution in [2.24, 2.45) is 0 Å². The summed E-state index contributed by atoms with van der Waals surface area (Å²) in [4.78, 5) is 30.5. The van der Waals surface area contributed by atoms with Crippen LogP contribution < -0.4 is 5.32 Å². The van der Waals surface area contributed by atoms with Crippen molar-refractivity contribution >= 4 is 40.2 Å². The van der Waals surface area contributed by atoms with E-state index in [2.05, 4.69) is 10.3 Å². The molecule has 36 heavy (non-hydrogen) atoms. The van der Waals surface area contributed by atoms with Crippen LogP contribution in [0.2, 0.25) is 5.02 Å². The molecule has 0 aliphatic rings. The maximum Gasteiger partial charge on any atom is 0.412 e. The summed E-state index contributed by atoms with van der Waals surface area (Å²) in [7, 11) is 1.48. The number of pyridine rings is 1. The van der Waals surface area contributed by atoms with Crippen LogP contribution in [-0.4, -0.2) is 64.5 Å². The Balaban J connectivity index is 1.60. The van der Waals surface area contributed by atoms with Gasteiger partial charge in [-0.2, -0.15) is 0 Å². The number of likely N-dealkylation sites (N-methyl/N-ethyl adjacent to an activating group) is 1. The number of halogens is 3. The van der Waals surface area contributed by atoms with E-state index in [9.17, 15) is 28.6 Å². The highest BCUT2D eigenvalue weighted by Crippen LogP contribution is 2.22. The number of aromatic nitrogens is 1. The van der Waals surface area contributed by atoms with Gasteiger partial charge in [-0.05, 0) is 54.1 Å². The molecule has 3 N–H and O–H groups in total. The monoisotopic (exact) mass is 521 g/mol. The Kier molecular flexibility index (Phi) is 9.51. The molecule has 1 heterocycles. The zero-order chi connectivity index (χ0) is 26.2. The van der Waals surface area contributed by atoms with Crippen molar-refractivity contribution in [3.8, 4) is 0 Å². The van der Waals surface area contributed by atoms with Gasteiger partial charge in [0.1, 0.15) is 24.1 Å². The second kappa shape index (κ2) is 12.6. The molecule has 0 saturated heterocycles. The number of benzene rings is 2. The fourth-order valence-corrected chi connectivity index (χ4v) is 3.80. The van der Waals surface area contributed by atoms with Gasteiger partial charge in [-0.15, -0.1) is 0 Å². The van der Waals surface area contributed by atoms with Crippen LogP contribution in [0, 0.1) is 11.6 Å². The van der Waals surface area contributed by atoms with Gasteiger partial charge in [0.25, 0.3) is 0 Å². The van der Waals surface area contributed by atoms with E-state index < -0.39 is 36.5 Å². The molecule has 1 aromatic heterocycles. The standard InChI is InChI=1S/C25H26ClF2N3O5/c1-31(23(34)8-6-15-3-2-4-21(28)24(15)26)19(11-20(33)13-32)14-36-25(35)30-22-10-17-9-18(27)7-5-16(17)12-29-22/h2-5,7,9-10,12,19-20,32-33H,6,8,11,13-14H2,1H3,(H,29,30,35)/t19-,20-/m0/s1. The quantitative estimate of drug-likeness (QED) is 0.373. The average molecular weight is 522 g/mol. The summed E-state index contributed by atoms with van der Waals surface area (Å²) in [5, 5.41) is 22.8. The van der Waals surface area contributed by atoms with Crippen LogP contribution in [0.25, 0.3) is 10.8 Å². The summed E-state index contributed by atoms with van der Waals surface area (Å²) in [5.74, 6) is -1.22. The maximum atomic E-state index is 13.6. The Hall–Kier alpha value is -3.34. The topological polar surface area (TPSA) is 112 Å². The summed E-state index contributed by atoms with van der Waals surface area (Å²) < 4.78 is 32.4. The second-order valence-corrected chi connectivity index (χ2v) is 8.61. The third kappa shape index (κ3) is 7.33. The third-order valence-corrected chi connectivity index (χ3v) is 6.08. The molecule has 2 amide bonds. The van der Waals surface area contributed by atoms with Crippen molar-refractivity contribution in [1.29, 1.82) is 0 Å². The number of anilines is 1. The number of ether oxygens (including phenoxy) is 1. The Labute approximate surface area is 211 Å². The molecule has 192 valence electrons. The third-order valence-electron chi connectivity index (χ3n) is 5.66. The highest BCUT2D eigenvalue weighted by Gasteiger charge is 2.25. The second-order valence-electron chi connectivity index (χ2n) is 8.23. The molecule has 0 saturated carbocycles. The lowest BCUT2D eigenvalue weighted by atomic mass is 10.1. The zero-order valence-electron chi connectivity index (χ0n) is 19.5. The molecule has 8 nitrogen and oxygen atoms in total. The number of hydrogen-bond donors (Lipinski definition) is 3. The van der Waals surface area contributed by atoms with Gasteiger partial charge in [0.2, 0.25) is 5.91 Å². The molecule has 0 spiro atoms. The lowest BCUT2D eigenvalue weighted by molar-refractivity contribution is -0.133. The van der Waals surface area contributed by atoms with Gasteiger partial charge in [-0.25, -0.2) is 18.6 Å². The first-order valence-electron chi connectivity index (χ1n) is 11.1. The minimum atomic E-state index is -1.15. The van der Waals surface area contributed by atoms with E-state index in [-0.39, 0.29) is 42.6 Å². The molecule has 0 fully saturated rings. The van der Waals surface area contributed by atoms with Crippen LogP contribution in [-0.2, 0) is 16.0 Å². The van der Waals surface area contributed by atoms with Gasteiger partial charge in [0.05, 0.1) is 23.8 Å². The average Bonchev–Trinajstić information content (AvgIpc) is 2.86. The summed E-state index contributed by atoms with van der Waals surface area (Å²) >= 11 is 5.95. The fourth-order valence-electron chi connectivity index (χ4n) is 3.58. The molecule has 3 rings (SSSR count). The number of aliphatic hydroxyl groups excluding tert-OH is 2. The van der Waals surface area contributed by atoms with E-state index in [1.807, 2.05) is 0 Å². The molecular formula is C25H26ClF2N3O5. The molecule has 0 aliphatic carbocycles. The number of aliphatic hydroxyl groups is 2. The minimum Gasteiger partial charge on any atom is -0.447 e. The summed E-state index contributed by atoms with van der Waals surface area (Å²) in [6.45, 7) is -0.824. The van der Waals surface area contributed by atoms with Crippen molar-refractivity contribution in [3.05, 3.63) is 70.9 Å². The molecule has 0 bridgehead atoms. The Morgan fingerprint density at radius 3 is 2.72 bits per heavy atom. The van der Waals surface area contributed by atoms with Crippen molar-refractivity contribution in [2.45, 2.75) is 31.4 Å². The molecular weight excluding hydrogens is 496 g/mol. The van der Waals surface area contributed by atoms with E-state index in [0.29, 0.717) is 16.3 Å². The molecule has 3 aromatic rings. The lowest BCUT2D eigenvalue weighted by Crippen LogP contribution is -2.43. The van der Waals surface area contributed by atoms with Gasteiger partial charge in [0, 0.05) is 25.1 Å². The first-order valence-corrected chi connectivity index (χ1v) is 11.5. The number of rotatable bonds is 10. The van der Waals surface area contributed by atoms with Crippen molar-refractivity contribution in [1.82, 2.24) is 9.88 Å². The van der Waals surface area contributed by atoms with Gasteiger partial charge in [-0.1, -0.05) is 23.7 Å². The predicted octanol–water partition coefficient (Wildman–Crippen LogP) is 3.92. The van der Waals surface area contributed by atoms with Crippen LogP contribution in [0.15, 0.2) is 48.7 Å². The maximum absolute atomic E-state index is 13.6. The van der Waals surface area contributed by atoms with Crippen molar-refractivity contribution < 1.29 is 33.3 Å². The van der Waals surface area contributed by atoms with Crippen molar-refractivity contribution in [3.63, 3.8) is 0 Å². The highest BCUT2D eigenvalue weighted by atomic mass is 35.5. The lowest BCUT2D eigenvalue weighted by Gasteiger charge is -2.29. The van der Waals surface area contributed by atoms with Crippen LogP contribution in [0.4, 0.5) is 19.4 Å². The number of hydrogen-bond acceptors (Lipinski definition) is 6. The van der Waals surface area contributed by atoms with Crippen LogP contribution in [0.5, 0.6) is 0 Å². The summed E-state index contributed by atoms with van der Waals surface area (Å²) in [5.41, 5.74) is 0.476. The predicted molar refractivity (Wildman–Crippen MR) is 131 cm³/mol. The number of aryl methyl sites for hydroxylation is 1. The largest absolute Gasteiger partial charge is 0.447 e. The van der Waals surface area contributed by atoms with E-state index >= 15 is 0 Å². The van der Waals surface area contributed by atoms with Gasteiger partial charge >= 0.3 is 6.09 Å². The van der Waals surface area contributed by atoms with Gasteiger partial charge < -0.3 is 19.8 Å². The minimum absolute atomic E-state index is 0.00480. The highest BCUT2D eigenvalue weighted by molar-refractivity contribution is 6.31. The van der Waals surface area contributed by atoms with Gasteiger partial charge in [-0.3, -0.25) is 10.1 Å². The number of amides is 2. The Bertz CT molecular complexity index is 1230. The van der Waals surface area contributed by atoms with Crippen LogP contribution in [0.3, 0.4) is 0 Å². The number of carbonyl (C=O) groups is 2. The molecule has 11 heteroatoms. The number of nitrogens with one attached hydrogen (secondary N) is 1. The van der Waals surface area contributed by atoms with E-state index in [4.69, 9.17) is 16.3 Å². The SMILES string of the molecule is CN(C(=O)CCc1cccc(F)c1Cl)[C@H](COC(=O)Nc1cc2cc(F)ccc2cn1)C[C@H](O)CO. The summed E-state index contributed by atoms with van der Waals surface area (Å²) in [6.07, 6.45) is -0.414. The Morgan fingerprint density at radius 1 is 1.19 bits per heavy atom. The fraction of sp³-hybridized carbons (Fsp3) is 0.320. The molecule has 0 radical (unpaired) electrons. The number of carbonyl (C=O) groups excluding carboxylic acids is 2. The molecule has 2 atom stereocenters. The van der Waals surface area contributed by atoms with E-state index in [1.54, 1.807) is 12.1 Å². The molecule has 0 unspecified atom stereocenters. The number of fused-ring (bicyclic) bond motifs is 1. The molecule has 0 aliphatic heterocycles. The van der Waals surface area contributed by atoms with E-state index in [1.165, 1.54) is 48.5 Å². The smallest absolute Gasteiger partial charge is 0.412 e. The summed E-state index contributed by atoms with van der Waals surface area (Å²) in [6, 6.07) is 9.24. The normalized spacial score (nSPS) is 12.7. The zero-order valence-corrected chi connectivity index (χ0v) is 20.2. The van der Waals surface area contributed by atoms with Crippen molar-refractivity contribution in [2.75, 3.05) is 25.6 Å². The Morgan fingerprint density at radius 2 is 1.97 bits per heavy atom. The van der Waals surface area contributed by atoms with E-state index in [0.717, 1.165) is 0 Å². The van der Waals surface area contributed by atoms with Crippen LogP contribution >= 0.6 is 11.6 Å². The number of nitrogens with zero attached hydrogens (tertiary/aromatic N) is 2.